The summed E-state index contributed by atoms with van der Waals surface area (Å²) in [4.78, 5) is 25.7. The van der Waals surface area contributed by atoms with E-state index in [0.717, 1.165) is 9.75 Å². The molecule has 1 unspecified atom stereocenters. The molecule has 0 saturated heterocycles. The molecule has 0 aromatic carbocycles. The standard InChI is InChI=1S/C14H20O5S/c1-5-18-13(16)11(14(17)19-6-2)12(15)10-7-8(3)20-9(10)4/h7,11-12,15H,5-6H2,1-4H3. The molecule has 1 rings (SSSR count). The maximum atomic E-state index is 11.9. The number of rotatable bonds is 6. The first-order valence-corrected chi connectivity index (χ1v) is 7.32. The molecule has 1 aromatic heterocycles. The number of esters is 2. The third-order valence-electron chi connectivity index (χ3n) is 2.79. The van der Waals surface area contributed by atoms with Gasteiger partial charge in [-0.25, -0.2) is 0 Å². The smallest absolute Gasteiger partial charge is 0.323 e. The molecule has 5 nitrogen and oxygen atoms in total. The molecule has 20 heavy (non-hydrogen) atoms. The van der Waals surface area contributed by atoms with Crippen molar-refractivity contribution in [2.45, 2.75) is 33.8 Å². The monoisotopic (exact) mass is 300 g/mol. The number of thiophene rings is 1. The van der Waals surface area contributed by atoms with Crippen molar-refractivity contribution in [3.63, 3.8) is 0 Å². The van der Waals surface area contributed by atoms with Crippen LogP contribution in [0.4, 0.5) is 0 Å². The molecule has 0 bridgehead atoms. The van der Waals surface area contributed by atoms with Crippen LogP contribution < -0.4 is 0 Å². The Morgan fingerprint density at radius 3 is 2.05 bits per heavy atom. The van der Waals surface area contributed by atoms with Gasteiger partial charge < -0.3 is 14.6 Å². The summed E-state index contributed by atoms with van der Waals surface area (Å²) >= 11 is 1.50. The van der Waals surface area contributed by atoms with Gasteiger partial charge in [-0.1, -0.05) is 0 Å². The topological polar surface area (TPSA) is 72.8 Å². The second-order valence-electron chi connectivity index (χ2n) is 4.30. The molecule has 1 heterocycles. The Morgan fingerprint density at radius 2 is 1.70 bits per heavy atom. The summed E-state index contributed by atoms with van der Waals surface area (Å²) in [6.07, 6.45) is -1.25. The molecular formula is C14H20O5S. The van der Waals surface area contributed by atoms with Crippen LogP contribution in [0.2, 0.25) is 0 Å². The van der Waals surface area contributed by atoms with Gasteiger partial charge in [0.05, 0.1) is 13.2 Å². The van der Waals surface area contributed by atoms with Gasteiger partial charge >= 0.3 is 11.9 Å². The maximum Gasteiger partial charge on any atom is 0.323 e. The van der Waals surface area contributed by atoms with Gasteiger partial charge in [0.25, 0.3) is 0 Å². The summed E-state index contributed by atoms with van der Waals surface area (Å²) in [7, 11) is 0. The minimum atomic E-state index is -1.34. The summed E-state index contributed by atoms with van der Waals surface area (Å²) in [6, 6.07) is 1.77. The number of hydrogen-bond donors (Lipinski definition) is 1. The van der Waals surface area contributed by atoms with Crippen molar-refractivity contribution in [3.05, 3.63) is 21.4 Å². The van der Waals surface area contributed by atoms with E-state index >= 15 is 0 Å². The van der Waals surface area contributed by atoms with Crippen molar-refractivity contribution in [3.8, 4) is 0 Å². The zero-order valence-electron chi connectivity index (χ0n) is 12.1. The Morgan fingerprint density at radius 1 is 1.20 bits per heavy atom. The van der Waals surface area contributed by atoms with Crippen LogP contribution in [0.1, 0.15) is 35.3 Å². The predicted molar refractivity (Wildman–Crippen MR) is 75.5 cm³/mol. The third-order valence-corrected chi connectivity index (χ3v) is 3.78. The number of ether oxygens (including phenoxy) is 2. The van der Waals surface area contributed by atoms with Gasteiger partial charge in [0, 0.05) is 9.75 Å². The lowest BCUT2D eigenvalue weighted by molar-refractivity contribution is -0.167. The number of aryl methyl sites for hydroxylation is 2. The molecule has 0 amide bonds. The summed E-state index contributed by atoms with van der Waals surface area (Å²) in [6.45, 7) is 7.31. The molecular weight excluding hydrogens is 280 g/mol. The van der Waals surface area contributed by atoms with Gasteiger partial charge in [0.15, 0.2) is 5.92 Å². The van der Waals surface area contributed by atoms with Crippen LogP contribution in [0.3, 0.4) is 0 Å². The largest absolute Gasteiger partial charge is 0.465 e. The molecule has 1 aromatic rings. The molecule has 112 valence electrons. The molecule has 0 aliphatic heterocycles. The summed E-state index contributed by atoms with van der Waals surface area (Å²) in [5, 5.41) is 10.4. The highest BCUT2D eigenvalue weighted by Crippen LogP contribution is 2.32. The van der Waals surface area contributed by atoms with E-state index in [9.17, 15) is 14.7 Å². The maximum absolute atomic E-state index is 11.9. The second kappa shape index (κ2) is 7.40. The number of aliphatic hydroxyl groups is 1. The normalized spacial score (nSPS) is 12.3. The Hall–Kier alpha value is -1.40. The van der Waals surface area contributed by atoms with E-state index in [2.05, 4.69) is 0 Å². The highest BCUT2D eigenvalue weighted by molar-refractivity contribution is 7.12. The summed E-state index contributed by atoms with van der Waals surface area (Å²) in [5.41, 5.74) is 0.568. The van der Waals surface area contributed by atoms with Crippen LogP contribution in [-0.2, 0) is 19.1 Å². The molecule has 0 aliphatic carbocycles. The molecule has 6 heteroatoms. The van der Waals surface area contributed by atoms with Crippen LogP contribution in [0.25, 0.3) is 0 Å². The molecule has 0 aliphatic rings. The van der Waals surface area contributed by atoms with Gasteiger partial charge in [-0.3, -0.25) is 9.59 Å². The van der Waals surface area contributed by atoms with E-state index in [1.54, 1.807) is 19.9 Å². The first-order chi connectivity index (χ1) is 9.42. The fourth-order valence-corrected chi connectivity index (χ4v) is 2.91. The van der Waals surface area contributed by atoms with Crippen molar-refractivity contribution in [2.24, 2.45) is 5.92 Å². The lowest BCUT2D eigenvalue weighted by atomic mass is 9.96. The highest BCUT2D eigenvalue weighted by Gasteiger charge is 2.38. The molecule has 1 N–H and O–H groups in total. The zero-order valence-corrected chi connectivity index (χ0v) is 13.0. The molecule has 1 atom stereocenters. The Labute approximate surface area is 122 Å². The Bertz CT molecular complexity index is 462. The highest BCUT2D eigenvalue weighted by atomic mass is 32.1. The van der Waals surface area contributed by atoms with Crippen molar-refractivity contribution in [1.82, 2.24) is 0 Å². The minimum absolute atomic E-state index is 0.142. The lowest BCUT2D eigenvalue weighted by Crippen LogP contribution is -2.33. The quantitative estimate of drug-likeness (QED) is 0.643. The number of aliphatic hydroxyl groups excluding tert-OH is 1. The lowest BCUT2D eigenvalue weighted by Gasteiger charge is -2.19. The zero-order chi connectivity index (χ0) is 15.3. The average Bonchev–Trinajstić information content (AvgIpc) is 2.69. The van der Waals surface area contributed by atoms with Crippen LogP contribution in [0, 0.1) is 19.8 Å². The van der Waals surface area contributed by atoms with Gasteiger partial charge in [-0.05, 0) is 39.3 Å². The van der Waals surface area contributed by atoms with E-state index in [0.29, 0.717) is 5.56 Å². The van der Waals surface area contributed by atoms with Gasteiger partial charge in [0.2, 0.25) is 0 Å². The van der Waals surface area contributed by atoms with Gasteiger partial charge in [-0.15, -0.1) is 11.3 Å². The first kappa shape index (κ1) is 16.7. The van der Waals surface area contributed by atoms with Gasteiger partial charge in [0.1, 0.15) is 6.10 Å². The van der Waals surface area contributed by atoms with Crippen molar-refractivity contribution in [1.29, 1.82) is 0 Å². The van der Waals surface area contributed by atoms with E-state index in [1.807, 2.05) is 13.8 Å². The Balaban J connectivity index is 3.06. The van der Waals surface area contributed by atoms with Crippen LogP contribution in [0.5, 0.6) is 0 Å². The number of hydrogen-bond acceptors (Lipinski definition) is 6. The molecule has 0 spiro atoms. The fraction of sp³-hybridized carbons (Fsp3) is 0.571. The van der Waals surface area contributed by atoms with Gasteiger partial charge in [-0.2, -0.15) is 0 Å². The predicted octanol–water partition coefficient (Wildman–Crippen LogP) is 2.14. The third kappa shape index (κ3) is 3.80. The molecule has 0 fully saturated rings. The van der Waals surface area contributed by atoms with Crippen molar-refractivity contribution < 1.29 is 24.2 Å². The fourth-order valence-electron chi connectivity index (χ4n) is 1.94. The van der Waals surface area contributed by atoms with E-state index in [-0.39, 0.29) is 13.2 Å². The number of carbonyl (C=O) groups is 2. The second-order valence-corrected chi connectivity index (χ2v) is 5.76. The summed E-state index contributed by atoms with van der Waals surface area (Å²) in [5.74, 6) is -2.87. The number of carbonyl (C=O) groups excluding carboxylic acids is 2. The van der Waals surface area contributed by atoms with Crippen molar-refractivity contribution >= 4 is 23.3 Å². The summed E-state index contributed by atoms with van der Waals surface area (Å²) < 4.78 is 9.73. The minimum Gasteiger partial charge on any atom is -0.465 e. The van der Waals surface area contributed by atoms with Crippen LogP contribution >= 0.6 is 11.3 Å². The molecule has 0 saturated carbocycles. The Kier molecular flexibility index (Phi) is 6.16. The SMILES string of the molecule is CCOC(=O)C(C(=O)OCC)C(O)c1cc(C)sc1C. The van der Waals surface area contributed by atoms with Crippen LogP contribution in [-0.4, -0.2) is 30.3 Å². The average molecular weight is 300 g/mol. The van der Waals surface area contributed by atoms with Crippen molar-refractivity contribution in [2.75, 3.05) is 13.2 Å². The first-order valence-electron chi connectivity index (χ1n) is 6.50. The van der Waals surface area contributed by atoms with E-state index < -0.39 is 24.0 Å². The molecule has 0 radical (unpaired) electrons. The van der Waals surface area contributed by atoms with E-state index in [4.69, 9.17) is 9.47 Å². The van der Waals surface area contributed by atoms with Crippen LogP contribution in [0.15, 0.2) is 6.07 Å². The van der Waals surface area contributed by atoms with E-state index in [1.165, 1.54) is 11.3 Å².